The third-order valence-corrected chi connectivity index (χ3v) is 6.92. The molecule has 0 atom stereocenters. The van der Waals surface area contributed by atoms with Crippen molar-refractivity contribution in [2.24, 2.45) is 0 Å². The zero-order chi connectivity index (χ0) is 23.1. The van der Waals surface area contributed by atoms with E-state index in [0.29, 0.717) is 56.0 Å². The standard InChI is InChI=1S/C25H17Cl4NO3/c26-15-5-4-14(21(29)10-15)8-9-30-12-18-22(32-13-30)7-6-16-24(31)23(33-25(16)18)11-17-19(27)2-1-3-20(17)28/h1-7,10-11H,8-9,12-13H2/b23-11-. The molecule has 0 fully saturated rings. The minimum Gasteiger partial charge on any atom is -0.478 e. The second kappa shape index (κ2) is 9.21. The van der Waals surface area contributed by atoms with E-state index in [0.717, 1.165) is 24.1 Å². The smallest absolute Gasteiger partial charge is 0.231 e. The molecule has 2 heterocycles. The van der Waals surface area contributed by atoms with Gasteiger partial charge < -0.3 is 9.47 Å². The number of allylic oxidation sites excluding steroid dienone is 1. The molecule has 8 heteroatoms. The van der Waals surface area contributed by atoms with Crippen molar-refractivity contribution in [2.45, 2.75) is 13.0 Å². The molecule has 0 aliphatic carbocycles. The van der Waals surface area contributed by atoms with E-state index in [1.165, 1.54) is 0 Å². The Bertz CT molecular complexity index is 1280. The number of carbonyl (C=O) groups excluding carboxylic acids is 1. The summed E-state index contributed by atoms with van der Waals surface area (Å²) in [6, 6.07) is 14.2. The summed E-state index contributed by atoms with van der Waals surface area (Å²) in [4.78, 5) is 15.1. The second-order valence-electron chi connectivity index (χ2n) is 7.81. The highest BCUT2D eigenvalue weighted by atomic mass is 35.5. The molecular formula is C25H17Cl4NO3. The third-order valence-electron chi connectivity index (χ3n) is 5.67. The van der Waals surface area contributed by atoms with Crippen LogP contribution in [0.3, 0.4) is 0 Å². The average molecular weight is 521 g/mol. The number of Topliss-reactive ketones (excluding diaryl/α,β-unsaturated/α-hetero) is 1. The van der Waals surface area contributed by atoms with Crippen LogP contribution in [0.15, 0.2) is 54.3 Å². The molecule has 3 aromatic rings. The first-order chi connectivity index (χ1) is 15.9. The zero-order valence-corrected chi connectivity index (χ0v) is 20.2. The summed E-state index contributed by atoms with van der Waals surface area (Å²) < 4.78 is 12.0. The lowest BCUT2D eigenvalue weighted by Gasteiger charge is -2.29. The number of ketones is 1. The highest BCUT2D eigenvalue weighted by Crippen LogP contribution is 2.42. The van der Waals surface area contributed by atoms with Crippen molar-refractivity contribution in [3.63, 3.8) is 0 Å². The summed E-state index contributed by atoms with van der Waals surface area (Å²) in [6.07, 6.45) is 2.32. The minimum atomic E-state index is -0.214. The summed E-state index contributed by atoms with van der Waals surface area (Å²) in [7, 11) is 0. The fraction of sp³-hybridized carbons (Fsp3) is 0.160. The fourth-order valence-electron chi connectivity index (χ4n) is 3.93. The van der Waals surface area contributed by atoms with Gasteiger partial charge >= 0.3 is 0 Å². The molecule has 0 unspecified atom stereocenters. The Morgan fingerprint density at radius 1 is 0.970 bits per heavy atom. The predicted octanol–water partition coefficient (Wildman–Crippen LogP) is 7.31. The van der Waals surface area contributed by atoms with Crippen molar-refractivity contribution in [3.05, 3.63) is 96.6 Å². The first-order valence-corrected chi connectivity index (χ1v) is 11.7. The lowest BCUT2D eigenvalue weighted by atomic mass is 10.0. The highest BCUT2D eigenvalue weighted by molar-refractivity contribution is 6.37. The van der Waals surface area contributed by atoms with Gasteiger partial charge in [0.05, 0.1) is 11.1 Å². The van der Waals surface area contributed by atoms with Gasteiger partial charge in [0.25, 0.3) is 0 Å². The SMILES string of the molecule is O=C1/C(=C/c2c(Cl)cccc2Cl)Oc2c1ccc1c2CN(CCc2ccc(Cl)cc2Cl)CO1. The fourth-order valence-corrected chi connectivity index (χ4v) is 4.94. The quantitative estimate of drug-likeness (QED) is 0.338. The van der Waals surface area contributed by atoms with E-state index >= 15 is 0 Å². The number of hydrogen-bond donors (Lipinski definition) is 0. The number of halogens is 4. The Morgan fingerprint density at radius 3 is 2.52 bits per heavy atom. The molecule has 3 aromatic carbocycles. The van der Waals surface area contributed by atoms with Gasteiger partial charge in [-0.3, -0.25) is 9.69 Å². The first kappa shape index (κ1) is 22.6. The average Bonchev–Trinajstić information content (AvgIpc) is 3.11. The summed E-state index contributed by atoms with van der Waals surface area (Å²) in [5.74, 6) is 1.19. The molecule has 5 rings (SSSR count). The zero-order valence-electron chi connectivity index (χ0n) is 17.2. The van der Waals surface area contributed by atoms with Gasteiger partial charge in [-0.05, 0) is 54.5 Å². The molecule has 0 saturated heterocycles. The van der Waals surface area contributed by atoms with Crippen LogP contribution in [0.2, 0.25) is 20.1 Å². The number of ether oxygens (including phenoxy) is 2. The molecule has 33 heavy (non-hydrogen) atoms. The van der Waals surface area contributed by atoms with Crippen molar-refractivity contribution >= 4 is 58.3 Å². The molecule has 2 aliphatic heterocycles. The Balaban J connectivity index is 1.38. The summed E-state index contributed by atoms with van der Waals surface area (Å²) in [6.45, 7) is 1.73. The number of hydrogen-bond acceptors (Lipinski definition) is 4. The normalized spacial score (nSPS) is 16.4. The van der Waals surface area contributed by atoms with Gasteiger partial charge in [0.1, 0.15) is 18.2 Å². The van der Waals surface area contributed by atoms with E-state index in [1.807, 2.05) is 18.2 Å². The van der Waals surface area contributed by atoms with E-state index in [2.05, 4.69) is 4.90 Å². The molecule has 0 bridgehead atoms. The van der Waals surface area contributed by atoms with E-state index in [-0.39, 0.29) is 11.5 Å². The van der Waals surface area contributed by atoms with Crippen LogP contribution in [-0.2, 0) is 13.0 Å². The van der Waals surface area contributed by atoms with Crippen molar-refractivity contribution in [1.29, 1.82) is 0 Å². The van der Waals surface area contributed by atoms with Gasteiger partial charge in [0.15, 0.2) is 5.76 Å². The summed E-state index contributed by atoms with van der Waals surface area (Å²) >= 11 is 24.8. The third kappa shape index (κ3) is 4.46. The van der Waals surface area contributed by atoms with Gasteiger partial charge in [-0.15, -0.1) is 0 Å². The van der Waals surface area contributed by atoms with E-state index < -0.39 is 0 Å². The van der Waals surface area contributed by atoms with Gasteiger partial charge in [-0.2, -0.15) is 0 Å². The molecule has 0 spiro atoms. The maximum absolute atomic E-state index is 13.0. The predicted molar refractivity (Wildman–Crippen MR) is 132 cm³/mol. The Labute approximate surface area is 211 Å². The summed E-state index contributed by atoms with van der Waals surface area (Å²) in [5.41, 5.74) is 2.89. The number of nitrogens with zero attached hydrogens (tertiary/aromatic N) is 1. The molecule has 0 N–H and O–H groups in total. The lowest BCUT2D eigenvalue weighted by molar-refractivity contribution is 0.0950. The van der Waals surface area contributed by atoms with E-state index in [4.69, 9.17) is 55.9 Å². The first-order valence-electron chi connectivity index (χ1n) is 10.2. The number of rotatable bonds is 4. The molecule has 2 aliphatic rings. The van der Waals surface area contributed by atoms with Crippen LogP contribution in [0.25, 0.3) is 6.08 Å². The van der Waals surface area contributed by atoms with Gasteiger partial charge in [0, 0.05) is 38.7 Å². The van der Waals surface area contributed by atoms with Gasteiger partial charge in [-0.25, -0.2) is 0 Å². The topological polar surface area (TPSA) is 38.8 Å². The lowest BCUT2D eigenvalue weighted by Crippen LogP contribution is -2.33. The molecule has 0 aromatic heterocycles. The van der Waals surface area contributed by atoms with Crippen molar-refractivity contribution in [2.75, 3.05) is 13.3 Å². The largest absolute Gasteiger partial charge is 0.478 e. The van der Waals surface area contributed by atoms with Gasteiger partial charge in [0.2, 0.25) is 5.78 Å². The molecule has 168 valence electrons. The Hall–Kier alpha value is -2.21. The maximum atomic E-state index is 13.0. The van der Waals surface area contributed by atoms with Crippen molar-refractivity contribution < 1.29 is 14.3 Å². The molecular weight excluding hydrogens is 504 g/mol. The van der Waals surface area contributed by atoms with Crippen LogP contribution in [-0.4, -0.2) is 24.0 Å². The molecule has 0 saturated carbocycles. The highest BCUT2D eigenvalue weighted by Gasteiger charge is 2.33. The molecule has 4 nitrogen and oxygen atoms in total. The molecule has 0 amide bonds. The van der Waals surface area contributed by atoms with Crippen LogP contribution >= 0.6 is 46.4 Å². The van der Waals surface area contributed by atoms with Crippen LogP contribution in [0.1, 0.15) is 27.0 Å². The number of fused-ring (bicyclic) bond motifs is 3. The summed E-state index contributed by atoms with van der Waals surface area (Å²) in [5, 5.41) is 2.14. The number of benzene rings is 3. The van der Waals surface area contributed by atoms with Gasteiger partial charge in [-0.1, -0.05) is 58.5 Å². The van der Waals surface area contributed by atoms with Crippen LogP contribution in [0, 0.1) is 0 Å². The van der Waals surface area contributed by atoms with Crippen LogP contribution < -0.4 is 9.47 Å². The molecule has 0 radical (unpaired) electrons. The minimum absolute atomic E-state index is 0.179. The Morgan fingerprint density at radius 2 is 1.76 bits per heavy atom. The van der Waals surface area contributed by atoms with E-state index in [1.54, 1.807) is 36.4 Å². The monoisotopic (exact) mass is 519 g/mol. The van der Waals surface area contributed by atoms with Crippen molar-refractivity contribution in [3.8, 4) is 11.5 Å². The second-order valence-corrected chi connectivity index (χ2v) is 9.46. The van der Waals surface area contributed by atoms with E-state index in [9.17, 15) is 4.79 Å². The maximum Gasteiger partial charge on any atom is 0.231 e. The number of carbonyl (C=O) groups is 1. The van der Waals surface area contributed by atoms with Crippen molar-refractivity contribution in [1.82, 2.24) is 4.90 Å². The van der Waals surface area contributed by atoms with Crippen LogP contribution in [0.4, 0.5) is 0 Å². The Kier molecular flexibility index (Phi) is 6.30. The van der Waals surface area contributed by atoms with Crippen LogP contribution in [0.5, 0.6) is 11.5 Å².